The number of nitrogens with zero attached hydrogens (tertiary/aromatic N) is 3. The number of hydrogen-bond acceptors (Lipinski definition) is 3. The summed E-state index contributed by atoms with van der Waals surface area (Å²) in [6.07, 6.45) is 0. The van der Waals surface area contributed by atoms with E-state index in [4.69, 9.17) is 20.1 Å². The third-order valence-corrected chi connectivity index (χ3v) is 12.0. The average Bonchev–Trinajstić information content (AvgIpc) is 3.95. The number of benzene rings is 8. The van der Waals surface area contributed by atoms with Crippen molar-refractivity contribution in [2.24, 2.45) is 15.7 Å². The minimum absolute atomic E-state index is 0.392. The summed E-state index contributed by atoms with van der Waals surface area (Å²) in [5, 5.41) is 7.03. The number of aromatic nitrogens is 1. The molecule has 57 heavy (non-hydrogen) atoms. The van der Waals surface area contributed by atoms with Crippen molar-refractivity contribution in [3.63, 3.8) is 0 Å². The first-order chi connectivity index (χ1) is 28.2. The number of aliphatic imine (C=N–C) groups is 2. The van der Waals surface area contributed by atoms with Crippen molar-refractivity contribution in [2.45, 2.75) is 6.54 Å². The summed E-state index contributed by atoms with van der Waals surface area (Å²) in [7, 11) is 0. The third kappa shape index (κ3) is 5.61. The van der Waals surface area contributed by atoms with E-state index in [2.05, 4.69) is 120 Å². The third-order valence-electron chi connectivity index (χ3n) is 10.9. The van der Waals surface area contributed by atoms with E-state index in [1.807, 2.05) is 78.1 Å². The van der Waals surface area contributed by atoms with Gasteiger partial charge in [-0.3, -0.25) is 4.99 Å². The van der Waals surface area contributed by atoms with Crippen LogP contribution in [-0.4, -0.2) is 16.2 Å². The Hall–Kier alpha value is -7.28. The maximum absolute atomic E-state index is 6.82. The molecule has 0 aliphatic carbocycles. The van der Waals surface area contributed by atoms with E-state index < -0.39 is 0 Å². The molecule has 6 heteroatoms. The van der Waals surface area contributed by atoms with Crippen molar-refractivity contribution in [2.75, 3.05) is 0 Å². The molecule has 0 atom stereocenters. The van der Waals surface area contributed by atoms with Crippen LogP contribution in [0.2, 0.25) is 0 Å². The monoisotopic (exact) mass is 750 g/mol. The number of para-hydroxylation sites is 2. The number of amidine groups is 2. The predicted octanol–water partition coefficient (Wildman–Crippen LogP) is 13.1. The Bertz CT molecular complexity index is 3340. The fraction of sp³-hybridized carbons (Fsp3) is 0.0196. The summed E-state index contributed by atoms with van der Waals surface area (Å²) in [4.78, 5) is 9.83. The number of furan rings is 1. The average molecular weight is 751 g/mol. The van der Waals surface area contributed by atoms with Crippen LogP contribution in [0.1, 0.15) is 16.7 Å². The summed E-state index contributed by atoms with van der Waals surface area (Å²) in [6, 6.07) is 63.5. The molecule has 0 spiro atoms. The Balaban J connectivity index is 1.06. The molecule has 0 saturated carbocycles. The van der Waals surface area contributed by atoms with Crippen molar-refractivity contribution in [3.8, 4) is 16.8 Å². The largest absolute Gasteiger partial charge is 0.456 e. The molecule has 3 heterocycles. The smallest absolute Gasteiger partial charge is 0.157 e. The second kappa shape index (κ2) is 13.5. The standard InChI is InChI=1S/C51H34N4OS/c52-50(54-51(33-15-5-2-6-16-33)53-31-32-13-3-1-4-14-32)35-25-27-44-39(30-35)48-36(19-11-23-45(48)56-44)34-26-28-46-40(29-34)49-43(22-12-24-47(49)57-46)55-41-20-9-7-17-37(41)38-18-8-10-21-42(38)55/h1-30H,31H2,(H2,52,53,54). The summed E-state index contributed by atoms with van der Waals surface area (Å²) in [5.74, 6) is 0.981. The molecule has 0 fully saturated rings. The number of fused-ring (bicyclic) bond motifs is 9. The van der Waals surface area contributed by atoms with Crippen molar-refractivity contribution >= 4 is 86.9 Å². The summed E-state index contributed by atoms with van der Waals surface area (Å²) in [5.41, 5.74) is 17.1. The summed E-state index contributed by atoms with van der Waals surface area (Å²) >= 11 is 1.84. The lowest BCUT2D eigenvalue weighted by atomic mass is 9.97. The quantitative estimate of drug-likeness (QED) is 0.136. The molecule has 8 aromatic carbocycles. The van der Waals surface area contributed by atoms with Gasteiger partial charge in [0.05, 0.1) is 23.3 Å². The minimum Gasteiger partial charge on any atom is -0.456 e. The lowest BCUT2D eigenvalue weighted by Gasteiger charge is -2.11. The molecule has 11 rings (SSSR count). The fourth-order valence-corrected chi connectivity index (χ4v) is 9.38. The molecule has 5 nitrogen and oxygen atoms in total. The van der Waals surface area contributed by atoms with Crippen molar-refractivity contribution in [1.82, 2.24) is 4.57 Å². The number of rotatable bonds is 6. The molecule has 0 amide bonds. The molecular weight excluding hydrogens is 717 g/mol. The lowest BCUT2D eigenvalue weighted by molar-refractivity contribution is 0.669. The van der Waals surface area contributed by atoms with Crippen LogP contribution in [0.3, 0.4) is 0 Å². The normalized spacial score (nSPS) is 12.6. The topological polar surface area (TPSA) is 68.8 Å². The van der Waals surface area contributed by atoms with Gasteiger partial charge < -0.3 is 14.7 Å². The molecule has 0 bridgehead atoms. The zero-order valence-electron chi connectivity index (χ0n) is 30.8. The SMILES string of the molecule is NC(=NC(=NCc1ccccc1)c1ccccc1)c1ccc2oc3cccc(-c4ccc5sc6cccc(-n7c8ccccc8c8ccccc87)c6c5c4)c3c2c1. The van der Waals surface area contributed by atoms with E-state index in [1.54, 1.807) is 0 Å². The van der Waals surface area contributed by atoms with Crippen LogP contribution in [-0.2, 0) is 6.54 Å². The van der Waals surface area contributed by atoms with Gasteiger partial charge in [-0.05, 0) is 77.4 Å². The van der Waals surface area contributed by atoms with Crippen LogP contribution in [0.5, 0.6) is 0 Å². The molecule has 0 aliphatic rings. The maximum Gasteiger partial charge on any atom is 0.157 e. The van der Waals surface area contributed by atoms with Gasteiger partial charge in [-0.15, -0.1) is 11.3 Å². The summed E-state index contributed by atoms with van der Waals surface area (Å²) in [6.45, 7) is 0.500. The Kier molecular flexibility index (Phi) is 7.83. The maximum atomic E-state index is 6.82. The number of thiophene rings is 1. The van der Waals surface area contributed by atoms with Gasteiger partial charge in [-0.1, -0.05) is 121 Å². The van der Waals surface area contributed by atoms with Crippen molar-refractivity contribution in [3.05, 3.63) is 199 Å². The Morgan fingerprint density at radius 3 is 2.05 bits per heavy atom. The van der Waals surface area contributed by atoms with Gasteiger partial charge in [-0.25, -0.2) is 4.99 Å². The second-order valence-corrected chi connectivity index (χ2v) is 15.4. The van der Waals surface area contributed by atoms with Gasteiger partial charge >= 0.3 is 0 Å². The Labute approximate surface area is 332 Å². The molecule has 2 N–H and O–H groups in total. The Morgan fingerprint density at radius 2 is 1.26 bits per heavy atom. The molecule has 0 saturated heterocycles. The van der Waals surface area contributed by atoms with Gasteiger partial charge in [0.15, 0.2) is 5.84 Å². The highest BCUT2D eigenvalue weighted by Crippen LogP contribution is 2.44. The zero-order valence-corrected chi connectivity index (χ0v) is 31.6. The van der Waals surface area contributed by atoms with Crippen molar-refractivity contribution < 1.29 is 4.42 Å². The minimum atomic E-state index is 0.392. The van der Waals surface area contributed by atoms with Crippen LogP contribution in [0.15, 0.2) is 196 Å². The van der Waals surface area contributed by atoms with Crippen molar-refractivity contribution in [1.29, 1.82) is 0 Å². The highest BCUT2D eigenvalue weighted by molar-refractivity contribution is 7.25. The highest BCUT2D eigenvalue weighted by atomic mass is 32.1. The van der Waals surface area contributed by atoms with Gasteiger partial charge in [0.2, 0.25) is 0 Å². The van der Waals surface area contributed by atoms with Crippen LogP contribution >= 0.6 is 11.3 Å². The van der Waals surface area contributed by atoms with Gasteiger partial charge in [-0.2, -0.15) is 0 Å². The first-order valence-corrected chi connectivity index (χ1v) is 19.9. The van der Waals surface area contributed by atoms with E-state index in [0.717, 1.165) is 49.8 Å². The Morgan fingerprint density at radius 1 is 0.544 bits per heavy atom. The zero-order chi connectivity index (χ0) is 37.9. The molecule has 0 unspecified atom stereocenters. The van der Waals surface area contributed by atoms with E-state index in [1.165, 1.54) is 47.7 Å². The molecule has 0 aliphatic heterocycles. The first-order valence-electron chi connectivity index (χ1n) is 19.1. The van der Waals surface area contributed by atoms with Crippen LogP contribution in [0.25, 0.3) is 80.7 Å². The molecule has 11 aromatic rings. The van der Waals surface area contributed by atoms with Crippen LogP contribution < -0.4 is 5.73 Å². The lowest BCUT2D eigenvalue weighted by Crippen LogP contribution is -2.16. The first kappa shape index (κ1) is 33.1. The van der Waals surface area contributed by atoms with E-state index in [9.17, 15) is 0 Å². The number of nitrogens with two attached hydrogens (primary N) is 1. The molecule has 3 aromatic heterocycles. The van der Waals surface area contributed by atoms with Gasteiger partial charge in [0.25, 0.3) is 0 Å². The van der Waals surface area contributed by atoms with Crippen LogP contribution in [0.4, 0.5) is 0 Å². The van der Waals surface area contributed by atoms with E-state index in [0.29, 0.717) is 18.2 Å². The summed E-state index contributed by atoms with van der Waals surface area (Å²) < 4.78 is 11.4. The predicted molar refractivity (Wildman–Crippen MR) is 240 cm³/mol. The number of hydrogen-bond donors (Lipinski definition) is 1. The molecule has 270 valence electrons. The highest BCUT2D eigenvalue weighted by Gasteiger charge is 2.19. The van der Waals surface area contributed by atoms with Gasteiger partial charge in [0, 0.05) is 52.8 Å². The second-order valence-electron chi connectivity index (χ2n) is 14.3. The van der Waals surface area contributed by atoms with Crippen LogP contribution in [0, 0.1) is 0 Å². The van der Waals surface area contributed by atoms with E-state index in [-0.39, 0.29) is 0 Å². The van der Waals surface area contributed by atoms with E-state index >= 15 is 0 Å². The fourth-order valence-electron chi connectivity index (χ4n) is 8.28. The molecular formula is C51H34N4OS. The van der Waals surface area contributed by atoms with Gasteiger partial charge in [0.1, 0.15) is 17.0 Å². The molecule has 0 radical (unpaired) electrons.